The minimum Gasteiger partial charge on any atom is -0.378 e. The molecule has 1 N–H and O–H groups in total. The van der Waals surface area contributed by atoms with E-state index in [1.807, 2.05) is 0 Å². The number of rotatable bonds is 8. The topological polar surface area (TPSA) is 96.0 Å². The van der Waals surface area contributed by atoms with Crippen LogP contribution in [0, 0.1) is 5.92 Å². The molecule has 1 aromatic carbocycles. The van der Waals surface area contributed by atoms with Gasteiger partial charge >= 0.3 is 0 Å². The van der Waals surface area contributed by atoms with Gasteiger partial charge < -0.3 is 15.0 Å². The highest BCUT2D eigenvalue weighted by molar-refractivity contribution is 8.00. The molecular formula is C20H29N3O5S2. The van der Waals surface area contributed by atoms with E-state index < -0.39 is 10.0 Å². The molecule has 0 aromatic heterocycles. The SMILES string of the molecule is O=C(CSCC(=O)N1CCOCC1)NCC1CCN(S(=O)(=O)c2ccccc2)CC1. The predicted octanol–water partition coefficient (Wildman–Crippen LogP) is 0.796. The van der Waals surface area contributed by atoms with Gasteiger partial charge in [-0.25, -0.2) is 8.42 Å². The van der Waals surface area contributed by atoms with Crippen molar-refractivity contribution >= 4 is 33.6 Å². The van der Waals surface area contributed by atoms with Gasteiger partial charge in [-0.1, -0.05) is 18.2 Å². The van der Waals surface area contributed by atoms with Crippen LogP contribution in [0.2, 0.25) is 0 Å². The number of sulfonamides is 1. The second-order valence-corrected chi connectivity index (χ2v) is 10.4. The standard InChI is InChI=1S/C20H29N3O5S2/c24-19(15-29-16-20(25)22-10-12-28-13-11-22)21-14-17-6-8-23(9-7-17)30(26,27)18-4-2-1-3-5-18/h1-5,17H,6-16H2,(H,21,24). The molecule has 0 bridgehead atoms. The molecule has 0 saturated carbocycles. The number of thioether (sulfide) groups is 1. The summed E-state index contributed by atoms with van der Waals surface area (Å²) in [7, 11) is -3.45. The minimum absolute atomic E-state index is 0.0445. The number of ether oxygens (including phenoxy) is 1. The van der Waals surface area contributed by atoms with E-state index in [1.54, 1.807) is 35.2 Å². The monoisotopic (exact) mass is 455 g/mol. The molecule has 10 heteroatoms. The molecule has 3 rings (SSSR count). The molecule has 166 valence electrons. The maximum Gasteiger partial charge on any atom is 0.243 e. The van der Waals surface area contributed by atoms with Crippen LogP contribution in [0.15, 0.2) is 35.2 Å². The average Bonchev–Trinajstić information content (AvgIpc) is 2.79. The maximum atomic E-state index is 12.7. The third-order valence-electron chi connectivity index (χ3n) is 5.36. The molecule has 2 saturated heterocycles. The molecule has 8 nitrogen and oxygen atoms in total. The highest BCUT2D eigenvalue weighted by Gasteiger charge is 2.29. The normalized spacial score (nSPS) is 18.9. The number of amides is 2. The van der Waals surface area contributed by atoms with Crippen LogP contribution >= 0.6 is 11.8 Å². The van der Waals surface area contributed by atoms with Crippen molar-refractivity contribution in [1.29, 1.82) is 0 Å². The molecule has 0 radical (unpaired) electrons. The van der Waals surface area contributed by atoms with Crippen molar-refractivity contribution in [3.63, 3.8) is 0 Å². The summed E-state index contributed by atoms with van der Waals surface area (Å²) in [6.07, 6.45) is 1.43. The summed E-state index contributed by atoms with van der Waals surface area (Å²) in [5, 5.41) is 2.92. The third-order valence-corrected chi connectivity index (χ3v) is 8.20. The fraction of sp³-hybridized carbons (Fsp3) is 0.600. The fourth-order valence-electron chi connectivity index (χ4n) is 3.54. The molecule has 2 amide bonds. The van der Waals surface area contributed by atoms with Gasteiger partial charge in [-0.2, -0.15) is 4.31 Å². The molecule has 0 unspecified atom stereocenters. The van der Waals surface area contributed by atoms with Crippen LogP contribution in [0.1, 0.15) is 12.8 Å². The van der Waals surface area contributed by atoms with Crippen molar-refractivity contribution in [3.8, 4) is 0 Å². The van der Waals surface area contributed by atoms with E-state index in [0.29, 0.717) is 56.6 Å². The first-order valence-electron chi connectivity index (χ1n) is 10.2. The van der Waals surface area contributed by atoms with Gasteiger partial charge in [-0.3, -0.25) is 9.59 Å². The molecule has 0 atom stereocenters. The van der Waals surface area contributed by atoms with E-state index >= 15 is 0 Å². The summed E-state index contributed by atoms with van der Waals surface area (Å²) < 4.78 is 32.1. The van der Waals surface area contributed by atoms with Crippen LogP contribution in [0.25, 0.3) is 0 Å². The second-order valence-electron chi connectivity index (χ2n) is 7.45. The molecule has 2 aliphatic heterocycles. The van der Waals surface area contributed by atoms with Crippen LogP contribution < -0.4 is 5.32 Å². The molecule has 2 heterocycles. The Morgan fingerprint density at radius 2 is 1.70 bits per heavy atom. The highest BCUT2D eigenvalue weighted by Crippen LogP contribution is 2.23. The molecular weight excluding hydrogens is 426 g/mol. The van der Waals surface area contributed by atoms with Crippen LogP contribution in [0.3, 0.4) is 0 Å². The van der Waals surface area contributed by atoms with Crippen molar-refractivity contribution in [2.24, 2.45) is 5.92 Å². The van der Waals surface area contributed by atoms with Gasteiger partial charge in [0.15, 0.2) is 0 Å². The zero-order valence-corrected chi connectivity index (χ0v) is 18.6. The Labute approximate surface area is 182 Å². The second kappa shape index (κ2) is 11.1. The van der Waals surface area contributed by atoms with E-state index in [9.17, 15) is 18.0 Å². The summed E-state index contributed by atoms with van der Waals surface area (Å²) >= 11 is 1.32. The smallest absolute Gasteiger partial charge is 0.243 e. The molecule has 0 aliphatic carbocycles. The number of morpholine rings is 1. The zero-order chi connectivity index (χ0) is 21.4. The van der Waals surface area contributed by atoms with E-state index in [-0.39, 0.29) is 23.5 Å². The Hall–Kier alpha value is -1.62. The van der Waals surface area contributed by atoms with E-state index in [4.69, 9.17) is 4.74 Å². The Bertz CT molecular complexity index is 805. The Morgan fingerprint density at radius 3 is 2.37 bits per heavy atom. The average molecular weight is 456 g/mol. The lowest BCUT2D eigenvalue weighted by Gasteiger charge is -2.31. The predicted molar refractivity (Wildman–Crippen MR) is 116 cm³/mol. The number of hydrogen-bond donors (Lipinski definition) is 1. The first-order valence-corrected chi connectivity index (χ1v) is 12.8. The summed E-state index contributed by atoms with van der Waals surface area (Å²) in [4.78, 5) is 26.2. The number of benzene rings is 1. The highest BCUT2D eigenvalue weighted by atomic mass is 32.2. The number of nitrogens with zero attached hydrogens (tertiary/aromatic N) is 2. The number of carbonyl (C=O) groups excluding carboxylic acids is 2. The van der Waals surface area contributed by atoms with Gasteiger partial charge in [0, 0.05) is 32.7 Å². The lowest BCUT2D eigenvalue weighted by molar-refractivity contribution is -0.132. The third kappa shape index (κ3) is 6.44. The van der Waals surface area contributed by atoms with Gasteiger partial charge in [0.2, 0.25) is 21.8 Å². The van der Waals surface area contributed by atoms with E-state index in [0.717, 1.165) is 12.8 Å². The fourth-order valence-corrected chi connectivity index (χ4v) is 5.78. The minimum atomic E-state index is -3.45. The molecule has 30 heavy (non-hydrogen) atoms. The number of nitrogens with one attached hydrogen (secondary N) is 1. The van der Waals surface area contributed by atoms with E-state index in [1.165, 1.54) is 16.1 Å². The van der Waals surface area contributed by atoms with Gasteiger partial charge in [-0.15, -0.1) is 11.8 Å². The zero-order valence-electron chi connectivity index (χ0n) is 17.0. The largest absolute Gasteiger partial charge is 0.378 e. The van der Waals surface area contributed by atoms with Crippen LogP contribution in [0.5, 0.6) is 0 Å². The van der Waals surface area contributed by atoms with Crippen LogP contribution in [-0.2, 0) is 24.3 Å². The Morgan fingerprint density at radius 1 is 1.03 bits per heavy atom. The molecule has 0 spiro atoms. The summed E-state index contributed by atoms with van der Waals surface area (Å²) in [6.45, 7) is 3.83. The summed E-state index contributed by atoms with van der Waals surface area (Å²) in [5.41, 5.74) is 0. The van der Waals surface area contributed by atoms with Gasteiger partial charge in [-0.05, 0) is 30.9 Å². The lowest BCUT2D eigenvalue weighted by atomic mass is 9.98. The van der Waals surface area contributed by atoms with E-state index in [2.05, 4.69) is 5.32 Å². The van der Waals surface area contributed by atoms with Crippen molar-refractivity contribution < 1.29 is 22.7 Å². The lowest BCUT2D eigenvalue weighted by Crippen LogP contribution is -2.42. The maximum absolute atomic E-state index is 12.7. The first-order chi connectivity index (χ1) is 14.5. The quantitative estimate of drug-likeness (QED) is 0.623. The van der Waals surface area contributed by atoms with Gasteiger partial charge in [0.05, 0.1) is 29.6 Å². The number of piperidine rings is 1. The number of carbonyl (C=O) groups is 2. The number of hydrogen-bond acceptors (Lipinski definition) is 6. The molecule has 2 aliphatic rings. The summed E-state index contributed by atoms with van der Waals surface area (Å²) in [5.74, 6) is 0.758. The Balaban J connectivity index is 1.32. The van der Waals surface area contributed by atoms with Crippen molar-refractivity contribution in [2.75, 3.05) is 57.4 Å². The van der Waals surface area contributed by atoms with Crippen molar-refractivity contribution in [2.45, 2.75) is 17.7 Å². The Kier molecular flexibility index (Phi) is 8.55. The van der Waals surface area contributed by atoms with Crippen molar-refractivity contribution in [1.82, 2.24) is 14.5 Å². The summed E-state index contributed by atoms with van der Waals surface area (Å²) in [6, 6.07) is 8.47. The van der Waals surface area contributed by atoms with Crippen LogP contribution in [-0.4, -0.2) is 86.9 Å². The van der Waals surface area contributed by atoms with Gasteiger partial charge in [0.25, 0.3) is 0 Å². The van der Waals surface area contributed by atoms with Crippen LogP contribution in [0.4, 0.5) is 0 Å². The van der Waals surface area contributed by atoms with Crippen molar-refractivity contribution in [3.05, 3.63) is 30.3 Å². The first kappa shape index (κ1) is 23.1. The molecule has 2 fully saturated rings. The molecule has 1 aromatic rings. The van der Waals surface area contributed by atoms with Gasteiger partial charge in [0.1, 0.15) is 0 Å².